The number of amides is 1. The first-order chi connectivity index (χ1) is 15.9. The van der Waals surface area contributed by atoms with Crippen LogP contribution in [0.15, 0.2) is 28.0 Å². The zero-order valence-corrected chi connectivity index (χ0v) is 21.7. The van der Waals surface area contributed by atoms with Gasteiger partial charge in [0, 0.05) is 25.8 Å². The molecule has 2 aromatic rings. The number of carbonyl (C=O) groups excluding carboxylic acids is 1. The Morgan fingerprint density at radius 1 is 1.06 bits per heavy atom. The average Bonchev–Trinajstić information content (AvgIpc) is 3.06. The van der Waals surface area contributed by atoms with Crippen LogP contribution < -0.4 is 10.5 Å². The Hall–Kier alpha value is -2.19. The molecule has 0 radical (unpaired) electrons. The van der Waals surface area contributed by atoms with Crippen molar-refractivity contribution in [3.8, 4) is 0 Å². The minimum atomic E-state index is -0.163. The third-order valence-corrected chi connectivity index (χ3v) is 7.03. The Morgan fingerprint density at radius 3 is 2.45 bits per heavy atom. The number of fused-ring (bicyclic) bond motifs is 1. The van der Waals surface area contributed by atoms with Crippen LogP contribution >= 0.6 is 24.0 Å². The first kappa shape index (κ1) is 25.4. The highest BCUT2D eigenvalue weighted by atomic mass is 32.2. The summed E-state index contributed by atoms with van der Waals surface area (Å²) in [5, 5.41) is 0. The van der Waals surface area contributed by atoms with Gasteiger partial charge in [0.25, 0.3) is 11.5 Å². The van der Waals surface area contributed by atoms with E-state index in [0.29, 0.717) is 32.8 Å². The van der Waals surface area contributed by atoms with Crippen molar-refractivity contribution in [1.29, 1.82) is 0 Å². The van der Waals surface area contributed by atoms with Crippen LogP contribution in [0.4, 0.5) is 5.82 Å². The number of rotatable bonds is 11. The second-order valence-electron chi connectivity index (χ2n) is 8.47. The fourth-order valence-electron chi connectivity index (χ4n) is 4.00. The van der Waals surface area contributed by atoms with E-state index in [-0.39, 0.29) is 11.5 Å². The Balaban J connectivity index is 2.06. The van der Waals surface area contributed by atoms with Crippen LogP contribution in [0.2, 0.25) is 0 Å². The quantitative estimate of drug-likeness (QED) is 0.240. The van der Waals surface area contributed by atoms with Crippen LogP contribution in [0, 0.1) is 6.92 Å². The van der Waals surface area contributed by atoms with Gasteiger partial charge in [-0.3, -0.25) is 18.9 Å². The van der Waals surface area contributed by atoms with Crippen molar-refractivity contribution in [2.45, 2.75) is 66.2 Å². The molecule has 0 N–H and O–H groups in total. The first-order valence-electron chi connectivity index (χ1n) is 11.9. The van der Waals surface area contributed by atoms with Crippen LogP contribution in [0.5, 0.6) is 0 Å². The van der Waals surface area contributed by atoms with E-state index in [1.54, 1.807) is 21.6 Å². The summed E-state index contributed by atoms with van der Waals surface area (Å²) in [5.41, 5.74) is 1.87. The Bertz CT molecular complexity index is 1100. The SMILES string of the molecule is CCCCCCN1C(=O)/C(=C/c2c(N(CCC)CCC)nc3ccc(C)cn3c2=O)SC1=S. The van der Waals surface area contributed by atoms with E-state index in [0.717, 1.165) is 57.2 Å². The summed E-state index contributed by atoms with van der Waals surface area (Å²) in [4.78, 5) is 35.9. The van der Waals surface area contributed by atoms with E-state index >= 15 is 0 Å². The lowest BCUT2D eigenvalue weighted by atomic mass is 10.2. The lowest BCUT2D eigenvalue weighted by molar-refractivity contribution is -0.122. The number of hydrogen-bond donors (Lipinski definition) is 0. The molecule has 0 unspecified atom stereocenters. The van der Waals surface area contributed by atoms with Gasteiger partial charge in [-0.25, -0.2) is 4.98 Å². The largest absolute Gasteiger partial charge is 0.356 e. The third-order valence-electron chi connectivity index (χ3n) is 5.66. The number of nitrogens with zero attached hydrogens (tertiary/aromatic N) is 4. The summed E-state index contributed by atoms with van der Waals surface area (Å²) in [6, 6.07) is 3.83. The molecule has 6 nitrogen and oxygen atoms in total. The topological polar surface area (TPSA) is 57.9 Å². The summed E-state index contributed by atoms with van der Waals surface area (Å²) in [6.45, 7) is 10.6. The molecule has 1 amide bonds. The minimum absolute atomic E-state index is 0.112. The van der Waals surface area contributed by atoms with E-state index in [1.165, 1.54) is 11.8 Å². The number of unbranched alkanes of at least 4 members (excludes halogenated alkanes) is 3. The Morgan fingerprint density at radius 2 is 1.79 bits per heavy atom. The fourth-order valence-corrected chi connectivity index (χ4v) is 5.29. The van der Waals surface area contributed by atoms with Gasteiger partial charge in [0.15, 0.2) is 0 Å². The molecule has 1 aliphatic rings. The summed E-state index contributed by atoms with van der Waals surface area (Å²) in [7, 11) is 0. The van der Waals surface area contributed by atoms with E-state index in [1.807, 2.05) is 19.1 Å². The van der Waals surface area contributed by atoms with Gasteiger partial charge in [0.05, 0.1) is 10.5 Å². The van der Waals surface area contributed by atoms with Crippen molar-refractivity contribution in [3.05, 3.63) is 44.7 Å². The molecule has 0 bridgehead atoms. The highest BCUT2D eigenvalue weighted by Gasteiger charge is 2.32. The summed E-state index contributed by atoms with van der Waals surface area (Å²) in [6.07, 6.45) is 9.69. The second kappa shape index (κ2) is 11.8. The molecule has 1 saturated heterocycles. The Labute approximate surface area is 206 Å². The standard InChI is InChI=1S/C25H34N4O2S2/c1-5-8-9-10-15-28-24(31)20(33-25(28)32)16-19-22(27(13-6-2)14-7-3)26-21-12-11-18(4)17-29(21)23(19)30/h11-12,16-17H,5-10,13-15H2,1-4H3/b20-16-. The molecule has 0 aliphatic carbocycles. The lowest BCUT2D eigenvalue weighted by Gasteiger charge is -2.24. The molecule has 2 aromatic heterocycles. The van der Waals surface area contributed by atoms with E-state index in [9.17, 15) is 9.59 Å². The molecule has 3 heterocycles. The predicted molar refractivity (Wildman–Crippen MR) is 143 cm³/mol. The monoisotopic (exact) mass is 486 g/mol. The predicted octanol–water partition coefficient (Wildman–Crippen LogP) is 5.41. The van der Waals surface area contributed by atoms with Gasteiger partial charge < -0.3 is 4.90 Å². The smallest absolute Gasteiger partial charge is 0.267 e. The number of thiocarbonyl (C=S) groups is 1. The van der Waals surface area contributed by atoms with Crippen molar-refractivity contribution < 1.29 is 4.79 Å². The molecular weight excluding hydrogens is 452 g/mol. The van der Waals surface area contributed by atoms with Gasteiger partial charge in [-0.05, 0) is 43.9 Å². The first-order valence-corrected chi connectivity index (χ1v) is 13.2. The highest BCUT2D eigenvalue weighted by Crippen LogP contribution is 2.33. The van der Waals surface area contributed by atoms with Crippen molar-refractivity contribution in [3.63, 3.8) is 0 Å². The molecule has 178 valence electrons. The summed E-state index contributed by atoms with van der Waals surface area (Å²) < 4.78 is 2.14. The van der Waals surface area contributed by atoms with Crippen LogP contribution in [0.3, 0.4) is 0 Å². The normalized spacial score (nSPS) is 15.3. The molecule has 1 aliphatic heterocycles. The van der Waals surface area contributed by atoms with Crippen LogP contribution in [-0.4, -0.2) is 44.1 Å². The molecule has 1 fully saturated rings. The molecule has 0 aromatic carbocycles. The van der Waals surface area contributed by atoms with Crippen LogP contribution in [0.25, 0.3) is 11.7 Å². The van der Waals surface area contributed by atoms with Gasteiger partial charge in [0.2, 0.25) is 0 Å². The molecule has 0 spiro atoms. The second-order valence-corrected chi connectivity index (χ2v) is 10.1. The van der Waals surface area contributed by atoms with Gasteiger partial charge in [-0.15, -0.1) is 0 Å². The van der Waals surface area contributed by atoms with Crippen LogP contribution in [0.1, 0.15) is 70.4 Å². The molecular formula is C25H34N4O2S2. The minimum Gasteiger partial charge on any atom is -0.356 e. The summed E-state index contributed by atoms with van der Waals surface area (Å²) >= 11 is 6.78. The van der Waals surface area contributed by atoms with E-state index in [2.05, 4.69) is 25.7 Å². The zero-order chi connectivity index (χ0) is 24.0. The van der Waals surface area contributed by atoms with Crippen molar-refractivity contribution in [1.82, 2.24) is 14.3 Å². The average molecular weight is 487 g/mol. The maximum Gasteiger partial charge on any atom is 0.267 e. The maximum absolute atomic E-state index is 13.6. The number of pyridine rings is 1. The lowest BCUT2D eigenvalue weighted by Crippen LogP contribution is -2.31. The molecule has 33 heavy (non-hydrogen) atoms. The number of carbonyl (C=O) groups is 1. The van der Waals surface area contributed by atoms with Crippen LogP contribution in [-0.2, 0) is 4.79 Å². The number of anilines is 1. The number of hydrogen-bond acceptors (Lipinski definition) is 6. The number of aryl methyl sites for hydroxylation is 1. The fraction of sp³-hybridized carbons (Fsp3) is 0.520. The van der Waals surface area contributed by atoms with E-state index in [4.69, 9.17) is 17.2 Å². The zero-order valence-electron chi connectivity index (χ0n) is 20.1. The highest BCUT2D eigenvalue weighted by molar-refractivity contribution is 8.26. The van der Waals surface area contributed by atoms with Gasteiger partial charge >= 0.3 is 0 Å². The van der Waals surface area contributed by atoms with Crippen molar-refractivity contribution >= 4 is 51.7 Å². The number of aromatic nitrogens is 2. The van der Waals surface area contributed by atoms with Gasteiger partial charge in [0.1, 0.15) is 15.8 Å². The van der Waals surface area contributed by atoms with Crippen molar-refractivity contribution in [2.24, 2.45) is 0 Å². The Kier molecular flexibility index (Phi) is 9.09. The molecule has 8 heteroatoms. The van der Waals surface area contributed by atoms with Gasteiger partial charge in [-0.1, -0.05) is 70.1 Å². The van der Waals surface area contributed by atoms with Gasteiger partial charge in [-0.2, -0.15) is 0 Å². The third kappa shape index (κ3) is 5.84. The molecule has 0 atom stereocenters. The molecule has 0 saturated carbocycles. The summed E-state index contributed by atoms with van der Waals surface area (Å²) in [5.74, 6) is 0.527. The van der Waals surface area contributed by atoms with Crippen molar-refractivity contribution in [2.75, 3.05) is 24.5 Å². The maximum atomic E-state index is 13.6. The van der Waals surface area contributed by atoms with E-state index < -0.39 is 0 Å². The molecule has 3 rings (SSSR count). The number of thioether (sulfide) groups is 1.